The molecule has 0 fully saturated rings. The molecular formula is C14H19N3O2. The van der Waals surface area contributed by atoms with Crippen molar-refractivity contribution in [1.29, 1.82) is 0 Å². The van der Waals surface area contributed by atoms with Gasteiger partial charge in [0.1, 0.15) is 0 Å². The number of ether oxygens (including phenoxy) is 1. The molecule has 1 heterocycles. The minimum Gasteiger partial charge on any atom is -0.504 e. The molecule has 1 aromatic carbocycles. The van der Waals surface area contributed by atoms with Crippen molar-refractivity contribution in [3.05, 3.63) is 42.5 Å². The van der Waals surface area contributed by atoms with Gasteiger partial charge in [-0.25, -0.2) is 4.98 Å². The molecule has 102 valence electrons. The number of phenols is 1. The number of phenolic OH excluding ortho intramolecular Hbond substituents is 1. The molecule has 0 bridgehead atoms. The molecule has 0 unspecified atom stereocenters. The number of nitrogens with one attached hydrogen (secondary N) is 1. The van der Waals surface area contributed by atoms with Gasteiger partial charge in [-0.15, -0.1) is 0 Å². The first kappa shape index (κ1) is 13.4. The summed E-state index contributed by atoms with van der Waals surface area (Å²) in [5.41, 5.74) is 1.09. The molecule has 0 radical (unpaired) electrons. The van der Waals surface area contributed by atoms with Gasteiger partial charge in [0.2, 0.25) is 0 Å². The predicted octanol–water partition coefficient (Wildman–Crippen LogP) is 1.78. The highest BCUT2D eigenvalue weighted by Crippen LogP contribution is 2.26. The van der Waals surface area contributed by atoms with Crippen LogP contribution in [0.25, 0.3) is 0 Å². The number of hydrogen-bond donors (Lipinski definition) is 2. The largest absolute Gasteiger partial charge is 0.504 e. The molecule has 2 rings (SSSR count). The van der Waals surface area contributed by atoms with Gasteiger partial charge in [0.25, 0.3) is 0 Å². The van der Waals surface area contributed by atoms with Crippen LogP contribution >= 0.6 is 0 Å². The van der Waals surface area contributed by atoms with E-state index in [0.717, 1.165) is 25.2 Å². The Bertz CT molecular complexity index is 497. The molecule has 2 aromatic rings. The SMILES string of the molecule is CCOc1cc(CNCCn2ccnc2)ccc1O. The Morgan fingerprint density at radius 2 is 2.32 bits per heavy atom. The molecule has 0 aliphatic heterocycles. The number of aromatic hydroxyl groups is 1. The highest BCUT2D eigenvalue weighted by Gasteiger charge is 2.03. The van der Waals surface area contributed by atoms with Gasteiger partial charge in [-0.3, -0.25) is 0 Å². The van der Waals surface area contributed by atoms with Crippen LogP contribution in [0.2, 0.25) is 0 Å². The standard InChI is InChI=1S/C14H19N3O2/c1-2-19-14-9-12(3-4-13(14)18)10-15-5-7-17-8-6-16-11-17/h3-4,6,8-9,11,15,18H,2,5,7,10H2,1H3. The lowest BCUT2D eigenvalue weighted by Crippen LogP contribution is -2.18. The number of benzene rings is 1. The summed E-state index contributed by atoms with van der Waals surface area (Å²) in [6, 6.07) is 5.42. The maximum atomic E-state index is 9.61. The van der Waals surface area contributed by atoms with Crippen LogP contribution in [0.5, 0.6) is 11.5 Å². The first-order valence-corrected chi connectivity index (χ1v) is 6.40. The van der Waals surface area contributed by atoms with Crippen molar-refractivity contribution >= 4 is 0 Å². The fraction of sp³-hybridized carbons (Fsp3) is 0.357. The van der Waals surface area contributed by atoms with E-state index in [4.69, 9.17) is 4.74 Å². The summed E-state index contributed by atoms with van der Waals surface area (Å²) < 4.78 is 7.38. The van der Waals surface area contributed by atoms with Gasteiger partial charge < -0.3 is 19.7 Å². The maximum Gasteiger partial charge on any atom is 0.161 e. The molecule has 2 N–H and O–H groups in total. The first-order valence-electron chi connectivity index (χ1n) is 6.40. The van der Waals surface area contributed by atoms with E-state index in [1.807, 2.05) is 29.8 Å². The number of aromatic nitrogens is 2. The normalized spacial score (nSPS) is 10.6. The van der Waals surface area contributed by atoms with Crippen LogP contribution in [0.15, 0.2) is 36.9 Å². The third-order valence-electron chi connectivity index (χ3n) is 2.76. The van der Waals surface area contributed by atoms with Crippen LogP contribution in [0, 0.1) is 0 Å². The lowest BCUT2D eigenvalue weighted by molar-refractivity contribution is 0.317. The lowest BCUT2D eigenvalue weighted by atomic mass is 10.2. The van der Waals surface area contributed by atoms with Crippen LogP contribution < -0.4 is 10.1 Å². The van der Waals surface area contributed by atoms with Gasteiger partial charge in [0.15, 0.2) is 11.5 Å². The Balaban J connectivity index is 1.80. The second-order valence-electron chi connectivity index (χ2n) is 4.21. The van der Waals surface area contributed by atoms with Gasteiger partial charge in [0, 0.05) is 32.0 Å². The summed E-state index contributed by atoms with van der Waals surface area (Å²) in [4.78, 5) is 3.99. The molecule has 0 aliphatic carbocycles. The van der Waals surface area contributed by atoms with E-state index in [1.54, 1.807) is 18.6 Å². The van der Waals surface area contributed by atoms with Crippen LogP contribution in [0.1, 0.15) is 12.5 Å². The van der Waals surface area contributed by atoms with Gasteiger partial charge in [-0.1, -0.05) is 6.07 Å². The molecule has 0 atom stereocenters. The fourth-order valence-electron chi connectivity index (χ4n) is 1.80. The molecule has 5 heteroatoms. The molecule has 19 heavy (non-hydrogen) atoms. The van der Waals surface area contributed by atoms with Crippen molar-refractivity contribution in [3.63, 3.8) is 0 Å². The molecule has 0 saturated carbocycles. The summed E-state index contributed by atoms with van der Waals surface area (Å²) in [7, 11) is 0. The molecule has 1 aromatic heterocycles. The third-order valence-corrected chi connectivity index (χ3v) is 2.76. The van der Waals surface area contributed by atoms with E-state index < -0.39 is 0 Å². The molecule has 0 aliphatic rings. The van der Waals surface area contributed by atoms with Gasteiger partial charge >= 0.3 is 0 Å². The maximum absolute atomic E-state index is 9.61. The average molecular weight is 261 g/mol. The quantitative estimate of drug-likeness (QED) is 0.746. The van der Waals surface area contributed by atoms with Crippen LogP contribution in [-0.2, 0) is 13.1 Å². The molecular weight excluding hydrogens is 242 g/mol. The van der Waals surface area contributed by atoms with E-state index in [1.165, 1.54) is 0 Å². The van der Waals surface area contributed by atoms with E-state index in [-0.39, 0.29) is 5.75 Å². The molecule has 0 amide bonds. The summed E-state index contributed by atoms with van der Waals surface area (Å²) in [5.74, 6) is 0.723. The van der Waals surface area contributed by atoms with Gasteiger partial charge in [-0.05, 0) is 24.6 Å². The Morgan fingerprint density at radius 3 is 3.05 bits per heavy atom. The van der Waals surface area contributed by atoms with Crippen LogP contribution in [-0.4, -0.2) is 27.8 Å². The van der Waals surface area contributed by atoms with Crippen LogP contribution in [0.4, 0.5) is 0 Å². The summed E-state index contributed by atoms with van der Waals surface area (Å²) >= 11 is 0. The van der Waals surface area contributed by atoms with Crippen molar-refractivity contribution in [1.82, 2.24) is 14.9 Å². The summed E-state index contributed by atoms with van der Waals surface area (Å²) in [6.45, 7) is 4.94. The van der Waals surface area contributed by atoms with Crippen molar-refractivity contribution in [2.75, 3.05) is 13.2 Å². The van der Waals surface area contributed by atoms with Gasteiger partial charge in [-0.2, -0.15) is 0 Å². The zero-order valence-electron chi connectivity index (χ0n) is 11.0. The number of hydrogen-bond acceptors (Lipinski definition) is 4. The topological polar surface area (TPSA) is 59.3 Å². The first-order chi connectivity index (χ1) is 9.29. The van der Waals surface area contributed by atoms with Crippen molar-refractivity contribution in [2.45, 2.75) is 20.0 Å². The third kappa shape index (κ3) is 3.99. The van der Waals surface area contributed by atoms with Crippen molar-refractivity contribution < 1.29 is 9.84 Å². The summed E-state index contributed by atoms with van der Waals surface area (Å²) in [5, 5.41) is 12.9. The average Bonchev–Trinajstić information content (AvgIpc) is 2.92. The zero-order valence-corrected chi connectivity index (χ0v) is 11.0. The van der Waals surface area contributed by atoms with E-state index in [2.05, 4.69) is 10.3 Å². The highest BCUT2D eigenvalue weighted by molar-refractivity contribution is 5.41. The monoisotopic (exact) mass is 261 g/mol. The summed E-state index contributed by atoms with van der Waals surface area (Å²) in [6.07, 6.45) is 5.51. The molecule has 0 spiro atoms. The molecule has 5 nitrogen and oxygen atoms in total. The second-order valence-corrected chi connectivity index (χ2v) is 4.21. The van der Waals surface area contributed by atoms with Gasteiger partial charge in [0.05, 0.1) is 12.9 Å². The number of nitrogens with zero attached hydrogens (tertiary/aromatic N) is 2. The van der Waals surface area contributed by atoms with Crippen LogP contribution in [0.3, 0.4) is 0 Å². The zero-order chi connectivity index (χ0) is 13.5. The van der Waals surface area contributed by atoms with E-state index in [9.17, 15) is 5.11 Å². The molecule has 0 saturated heterocycles. The Kier molecular flexibility index (Phi) is 4.80. The Hall–Kier alpha value is -2.01. The highest BCUT2D eigenvalue weighted by atomic mass is 16.5. The number of rotatable bonds is 7. The van der Waals surface area contributed by atoms with E-state index in [0.29, 0.717) is 12.4 Å². The second kappa shape index (κ2) is 6.80. The van der Waals surface area contributed by atoms with Crippen molar-refractivity contribution in [2.24, 2.45) is 0 Å². The minimum absolute atomic E-state index is 0.184. The number of imidazole rings is 1. The van der Waals surface area contributed by atoms with Crippen molar-refractivity contribution in [3.8, 4) is 11.5 Å². The van der Waals surface area contributed by atoms with E-state index >= 15 is 0 Å². The smallest absolute Gasteiger partial charge is 0.161 e. The lowest BCUT2D eigenvalue weighted by Gasteiger charge is -2.09. The Morgan fingerprint density at radius 1 is 1.42 bits per heavy atom. The predicted molar refractivity (Wildman–Crippen MR) is 73.2 cm³/mol. The minimum atomic E-state index is 0.184. The Labute approximate surface area is 112 Å². The fourth-order valence-corrected chi connectivity index (χ4v) is 1.80.